The van der Waals surface area contributed by atoms with Crippen molar-refractivity contribution in [2.75, 3.05) is 6.54 Å². The molecule has 0 aromatic heterocycles. The third-order valence-corrected chi connectivity index (χ3v) is 4.46. The highest BCUT2D eigenvalue weighted by molar-refractivity contribution is 5.30. The Balaban J connectivity index is 2.29. The van der Waals surface area contributed by atoms with Gasteiger partial charge in [0.1, 0.15) is 23.1 Å². The summed E-state index contributed by atoms with van der Waals surface area (Å²) in [6, 6.07) is 9.83. The van der Waals surface area contributed by atoms with Gasteiger partial charge < -0.3 is 19.5 Å². The van der Waals surface area contributed by atoms with Crippen molar-refractivity contribution in [1.82, 2.24) is 4.90 Å². The van der Waals surface area contributed by atoms with Gasteiger partial charge in [0.25, 0.3) is 0 Å². The van der Waals surface area contributed by atoms with Crippen LogP contribution in [0, 0.1) is 5.82 Å². The molecular formula is C23H22F7NO3. The van der Waals surface area contributed by atoms with Gasteiger partial charge in [-0.05, 0) is 68.0 Å². The largest absolute Gasteiger partial charge is 0.573 e. The lowest BCUT2D eigenvalue weighted by Gasteiger charge is -2.29. The van der Waals surface area contributed by atoms with Crippen LogP contribution in [0.25, 0.3) is 0 Å². The van der Waals surface area contributed by atoms with Crippen LogP contribution in [0.2, 0.25) is 0 Å². The van der Waals surface area contributed by atoms with E-state index in [4.69, 9.17) is 4.74 Å². The number of benzene rings is 2. The number of alkyl halides is 6. The second kappa shape index (κ2) is 11.3. The van der Waals surface area contributed by atoms with E-state index in [0.717, 1.165) is 17.0 Å². The van der Waals surface area contributed by atoms with E-state index in [1.807, 2.05) is 0 Å². The molecule has 2 aromatic rings. The molecule has 1 atom stereocenters. The molecule has 186 valence electrons. The van der Waals surface area contributed by atoms with Crippen molar-refractivity contribution >= 4 is 0 Å². The standard InChI is InChI=1S/C23H22F7NO3/c1-3-18(33-19-9-7-17(24)8-10-19)11-15(2)31(14-21(32)22(25,26)27)13-16-5-4-6-20(12-16)34-23(28,29)30/h3-12,21,32H,13-14H2,1-2H3/b15-11+,18-3+. The Labute approximate surface area is 191 Å². The molecular weight excluding hydrogens is 471 g/mol. The summed E-state index contributed by atoms with van der Waals surface area (Å²) in [7, 11) is 0. The lowest BCUT2D eigenvalue weighted by atomic mass is 10.1. The van der Waals surface area contributed by atoms with E-state index in [9.17, 15) is 35.8 Å². The zero-order valence-electron chi connectivity index (χ0n) is 18.1. The summed E-state index contributed by atoms with van der Waals surface area (Å²) in [5.74, 6) is -0.524. The molecule has 1 N–H and O–H groups in total. The van der Waals surface area contributed by atoms with Crippen molar-refractivity contribution in [1.29, 1.82) is 0 Å². The molecule has 0 saturated carbocycles. The highest BCUT2D eigenvalue weighted by atomic mass is 19.4. The number of rotatable bonds is 9. The molecule has 34 heavy (non-hydrogen) atoms. The predicted molar refractivity (Wildman–Crippen MR) is 110 cm³/mol. The number of ether oxygens (including phenoxy) is 2. The van der Waals surface area contributed by atoms with Crippen LogP contribution in [0.1, 0.15) is 19.4 Å². The number of hydrogen-bond acceptors (Lipinski definition) is 4. The first-order valence-corrected chi connectivity index (χ1v) is 9.89. The number of allylic oxidation sites excluding steroid dienone is 3. The second-order valence-corrected chi connectivity index (χ2v) is 7.17. The summed E-state index contributed by atoms with van der Waals surface area (Å²) < 4.78 is 99.1. The zero-order chi connectivity index (χ0) is 25.5. The molecule has 0 heterocycles. The van der Waals surface area contributed by atoms with Crippen LogP contribution in [-0.2, 0) is 6.54 Å². The zero-order valence-corrected chi connectivity index (χ0v) is 18.1. The first kappa shape index (κ1) is 27.0. The average Bonchev–Trinajstić information content (AvgIpc) is 2.72. The molecule has 0 aliphatic heterocycles. The van der Waals surface area contributed by atoms with E-state index >= 15 is 0 Å². The lowest BCUT2D eigenvalue weighted by Crippen LogP contribution is -2.40. The van der Waals surface area contributed by atoms with Gasteiger partial charge in [0, 0.05) is 12.2 Å². The fraction of sp³-hybridized carbons (Fsp3) is 0.304. The minimum absolute atomic E-state index is 0.213. The maximum absolute atomic E-state index is 13.1. The van der Waals surface area contributed by atoms with Crippen molar-refractivity contribution in [3.8, 4) is 11.5 Å². The molecule has 0 saturated heterocycles. The molecule has 0 aliphatic rings. The Morgan fingerprint density at radius 2 is 1.68 bits per heavy atom. The second-order valence-electron chi connectivity index (χ2n) is 7.17. The molecule has 4 nitrogen and oxygen atoms in total. The monoisotopic (exact) mass is 493 g/mol. The van der Waals surface area contributed by atoms with Crippen LogP contribution in [0.5, 0.6) is 11.5 Å². The van der Waals surface area contributed by atoms with Crippen LogP contribution >= 0.6 is 0 Å². The topological polar surface area (TPSA) is 41.9 Å². The molecule has 2 aromatic carbocycles. The van der Waals surface area contributed by atoms with E-state index in [0.29, 0.717) is 0 Å². The van der Waals surface area contributed by atoms with Gasteiger partial charge in [-0.15, -0.1) is 13.2 Å². The Morgan fingerprint density at radius 3 is 2.24 bits per heavy atom. The SMILES string of the molecule is C/C=C(\C=C(/C)N(Cc1cccc(OC(F)(F)F)c1)CC(O)C(F)(F)F)Oc1ccc(F)cc1. The summed E-state index contributed by atoms with van der Waals surface area (Å²) in [4.78, 5) is 1.14. The molecule has 2 rings (SSSR count). The number of halogens is 7. The van der Waals surface area contributed by atoms with Crippen LogP contribution < -0.4 is 9.47 Å². The fourth-order valence-electron chi connectivity index (χ4n) is 2.81. The van der Waals surface area contributed by atoms with Gasteiger partial charge in [-0.25, -0.2) is 4.39 Å². The molecule has 0 radical (unpaired) electrons. The van der Waals surface area contributed by atoms with E-state index in [1.165, 1.54) is 55.5 Å². The first-order chi connectivity index (χ1) is 15.8. The number of hydrogen-bond donors (Lipinski definition) is 1. The van der Waals surface area contributed by atoms with Gasteiger partial charge in [-0.1, -0.05) is 12.1 Å². The number of aliphatic hydroxyl groups is 1. The van der Waals surface area contributed by atoms with Crippen LogP contribution in [0.3, 0.4) is 0 Å². The van der Waals surface area contributed by atoms with Gasteiger partial charge in [0.05, 0.1) is 6.54 Å². The Bertz CT molecular complexity index is 999. The number of aliphatic hydroxyl groups excluding tert-OH is 1. The maximum atomic E-state index is 13.1. The minimum Gasteiger partial charge on any atom is -0.458 e. The van der Waals surface area contributed by atoms with Crippen molar-refractivity contribution in [3.05, 3.63) is 83.5 Å². The van der Waals surface area contributed by atoms with E-state index in [-0.39, 0.29) is 29.3 Å². The minimum atomic E-state index is -4.93. The average molecular weight is 493 g/mol. The van der Waals surface area contributed by atoms with E-state index < -0.39 is 36.8 Å². The Kier molecular flexibility index (Phi) is 8.97. The van der Waals surface area contributed by atoms with Crippen molar-refractivity contribution < 1.29 is 45.3 Å². The summed E-state index contributed by atoms with van der Waals surface area (Å²) in [5.41, 5.74) is 0.436. The quantitative estimate of drug-likeness (QED) is 0.252. The first-order valence-electron chi connectivity index (χ1n) is 9.89. The van der Waals surface area contributed by atoms with Gasteiger partial charge in [0.2, 0.25) is 0 Å². The molecule has 0 fully saturated rings. The third-order valence-electron chi connectivity index (χ3n) is 4.46. The summed E-state index contributed by atoms with van der Waals surface area (Å²) in [5, 5.41) is 9.59. The highest BCUT2D eigenvalue weighted by Gasteiger charge is 2.39. The molecule has 0 spiro atoms. The predicted octanol–water partition coefficient (Wildman–Crippen LogP) is 6.34. The molecule has 0 amide bonds. The lowest BCUT2D eigenvalue weighted by molar-refractivity contribution is -0.274. The summed E-state index contributed by atoms with van der Waals surface area (Å²) in [6.45, 7) is 1.91. The van der Waals surface area contributed by atoms with Gasteiger partial charge in [0.15, 0.2) is 6.10 Å². The van der Waals surface area contributed by atoms with Crippen LogP contribution in [-0.4, -0.2) is 35.2 Å². The molecule has 0 aliphatic carbocycles. The van der Waals surface area contributed by atoms with Crippen molar-refractivity contribution in [2.24, 2.45) is 0 Å². The van der Waals surface area contributed by atoms with E-state index in [1.54, 1.807) is 6.92 Å². The number of nitrogens with zero attached hydrogens (tertiary/aromatic N) is 1. The van der Waals surface area contributed by atoms with Crippen molar-refractivity contribution in [3.63, 3.8) is 0 Å². The molecule has 1 unspecified atom stereocenters. The smallest absolute Gasteiger partial charge is 0.458 e. The van der Waals surface area contributed by atoms with Crippen LogP contribution in [0.15, 0.2) is 72.1 Å². The Morgan fingerprint density at radius 1 is 1.03 bits per heavy atom. The maximum Gasteiger partial charge on any atom is 0.573 e. The van der Waals surface area contributed by atoms with Gasteiger partial charge in [-0.3, -0.25) is 0 Å². The van der Waals surface area contributed by atoms with E-state index in [2.05, 4.69) is 4.74 Å². The highest BCUT2D eigenvalue weighted by Crippen LogP contribution is 2.27. The van der Waals surface area contributed by atoms with Gasteiger partial charge in [-0.2, -0.15) is 13.2 Å². The molecule has 0 bridgehead atoms. The summed E-state index contributed by atoms with van der Waals surface area (Å²) in [6.07, 6.45) is -9.64. The van der Waals surface area contributed by atoms with Crippen LogP contribution in [0.4, 0.5) is 30.7 Å². The van der Waals surface area contributed by atoms with Crippen molar-refractivity contribution in [2.45, 2.75) is 39.0 Å². The Hall–Kier alpha value is -3.21. The van der Waals surface area contributed by atoms with Gasteiger partial charge >= 0.3 is 12.5 Å². The fourth-order valence-corrected chi connectivity index (χ4v) is 2.81. The summed E-state index contributed by atoms with van der Waals surface area (Å²) >= 11 is 0. The molecule has 11 heteroatoms. The third kappa shape index (κ3) is 8.97. The normalized spacial score (nSPS) is 14.1.